The van der Waals surface area contributed by atoms with Crippen LogP contribution in [0.1, 0.15) is 38.2 Å². The number of nitrogens with two attached hydrogens (primary N) is 1. The Balaban J connectivity index is 2.16. The van der Waals surface area contributed by atoms with E-state index >= 15 is 0 Å². The van der Waals surface area contributed by atoms with Crippen LogP contribution < -0.4 is 11.1 Å². The number of nitrogens with zero attached hydrogens (tertiary/aromatic N) is 1. The van der Waals surface area contributed by atoms with E-state index in [9.17, 15) is 14.4 Å². The molecule has 0 fully saturated rings. The summed E-state index contributed by atoms with van der Waals surface area (Å²) in [7, 11) is 0. The molecule has 25 heavy (non-hydrogen) atoms. The first kappa shape index (κ1) is 19.4. The smallest absolute Gasteiger partial charge is 0.341 e. The number of primary amides is 1. The van der Waals surface area contributed by atoms with Crippen LogP contribution in [0.2, 0.25) is 0 Å². The maximum atomic E-state index is 12.2. The molecule has 0 aromatic carbocycles. The normalized spacial score (nSPS) is 10.5. The molecule has 0 radical (unpaired) electrons. The lowest BCUT2D eigenvalue weighted by Crippen LogP contribution is -2.16. The highest BCUT2D eigenvalue weighted by molar-refractivity contribution is 8.01. The van der Waals surface area contributed by atoms with Gasteiger partial charge in [0.25, 0.3) is 5.91 Å². The van der Waals surface area contributed by atoms with Crippen molar-refractivity contribution in [2.24, 2.45) is 5.73 Å². The highest BCUT2D eigenvalue weighted by atomic mass is 32.2. The Labute approximate surface area is 157 Å². The van der Waals surface area contributed by atoms with Gasteiger partial charge in [-0.3, -0.25) is 9.59 Å². The van der Waals surface area contributed by atoms with Crippen molar-refractivity contribution in [1.82, 2.24) is 4.98 Å². The molecule has 0 aliphatic heterocycles. The maximum absolute atomic E-state index is 12.2. The van der Waals surface area contributed by atoms with Crippen LogP contribution in [0.5, 0.6) is 0 Å². The number of carbonyl (C=O) groups is 3. The minimum absolute atomic E-state index is 0.137. The fourth-order valence-electron chi connectivity index (χ4n) is 1.97. The van der Waals surface area contributed by atoms with Crippen LogP contribution >= 0.6 is 34.4 Å². The zero-order valence-corrected chi connectivity index (χ0v) is 16.3. The summed E-state index contributed by atoms with van der Waals surface area (Å²) in [5.74, 6) is -1.41. The van der Waals surface area contributed by atoms with Gasteiger partial charge in [0.15, 0.2) is 4.34 Å². The number of thiazole rings is 1. The third-order valence-electron chi connectivity index (χ3n) is 3.03. The number of esters is 1. The van der Waals surface area contributed by atoms with E-state index in [1.807, 2.05) is 12.3 Å². The largest absolute Gasteiger partial charge is 0.462 e. The minimum Gasteiger partial charge on any atom is -0.462 e. The topological polar surface area (TPSA) is 111 Å². The van der Waals surface area contributed by atoms with E-state index in [0.29, 0.717) is 5.56 Å². The number of nitrogens with one attached hydrogen (secondary N) is 1. The Morgan fingerprint density at radius 3 is 2.64 bits per heavy atom. The second-order valence-electron chi connectivity index (χ2n) is 4.94. The Morgan fingerprint density at radius 1 is 1.36 bits per heavy atom. The molecule has 2 heterocycles. The number of carbonyl (C=O) groups excluding carboxylic acids is 3. The lowest BCUT2D eigenvalue weighted by atomic mass is 10.1. The fourth-order valence-corrected chi connectivity index (χ4v) is 4.69. The lowest BCUT2D eigenvalue weighted by molar-refractivity contribution is -0.113. The standard InChI is InChI=1S/C15H17N3O4S3/c1-4-22-14(21)10-8(3)11(12(16)20)25-13(10)18-9(19)6-24-15-17-7(2)5-23-15/h5H,4,6H2,1-3H3,(H2,16,20)(H,18,19). The van der Waals surface area contributed by atoms with E-state index in [0.717, 1.165) is 21.4 Å². The molecule has 0 aliphatic rings. The van der Waals surface area contributed by atoms with Crippen LogP contribution in [0.25, 0.3) is 0 Å². The molecular weight excluding hydrogens is 382 g/mol. The van der Waals surface area contributed by atoms with Crippen LogP contribution in [0.15, 0.2) is 9.72 Å². The first-order chi connectivity index (χ1) is 11.8. The summed E-state index contributed by atoms with van der Waals surface area (Å²) >= 11 is 3.74. The number of aryl methyl sites for hydroxylation is 1. The molecule has 0 saturated heterocycles. The second kappa shape index (κ2) is 8.45. The summed E-state index contributed by atoms with van der Waals surface area (Å²) < 4.78 is 5.80. The van der Waals surface area contributed by atoms with Crippen molar-refractivity contribution in [3.63, 3.8) is 0 Å². The van der Waals surface area contributed by atoms with Crippen molar-refractivity contribution in [3.05, 3.63) is 27.1 Å². The van der Waals surface area contributed by atoms with Crippen LogP contribution in [0.3, 0.4) is 0 Å². The number of rotatable bonds is 7. The van der Waals surface area contributed by atoms with Gasteiger partial charge in [0.2, 0.25) is 5.91 Å². The quantitative estimate of drug-likeness (QED) is 0.547. The SMILES string of the molecule is CCOC(=O)c1c(NC(=O)CSc2nc(C)cs2)sc(C(N)=O)c1C. The molecule has 7 nitrogen and oxygen atoms in total. The molecule has 134 valence electrons. The summed E-state index contributed by atoms with van der Waals surface area (Å²) in [5.41, 5.74) is 6.82. The summed E-state index contributed by atoms with van der Waals surface area (Å²) in [6.45, 7) is 5.35. The van der Waals surface area contributed by atoms with Crippen LogP contribution in [-0.2, 0) is 9.53 Å². The first-order valence-corrected chi connectivity index (χ1v) is 9.96. The fraction of sp³-hybridized carbons (Fsp3) is 0.333. The zero-order chi connectivity index (χ0) is 18.6. The third kappa shape index (κ3) is 4.80. The number of ether oxygens (including phenoxy) is 1. The number of thiophene rings is 1. The van der Waals surface area contributed by atoms with Gasteiger partial charge in [-0.1, -0.05) is 11.8 Å². The predicted molar refractivity (Wildman–Crippen MR) is 99.7 cm³/mol. The van der Waals surface area contributed by atoms with Gasteiger partial charge in [-0.25, -0.2) is 9.78 Å². The van der Waals surface area contributed by atoms with Crippen molar-refractivity contribution in [1.29, 1.82) is 0 Å². The van der Waals surface area contributed by atoms with Gasteiger partial charge in [0, 0.05) is 11.1 Å². The Hall–Kier alpha value is -1.91. The molecule has 0 bridgehead atoms. The maximum Gasteiger partial charge on any atom is 0.341 e. The van der Waals surface area contributed by atoms with E-state index in [2.05, 4.69) is 10.3 Å². The number of thioether (sulfide) groups is 1. The average molecular weight is 400 g/mol. The van der Waals surface area contributed by atoms with Gasteiger partial charge in [-0.05, 0) is 26.3 Å². The van der Waals surface area contributed by atoms with Crippen LogP contribution in [0.4, 0.5) is 5.00 Å². The van der Waals surface area contributed by atoms with E-state index in [1.54, 1.807) is 13.8 Å². The third-order valence-corrected chi connectivity index (χ3v) is 6.39. The number of hydrogen-bond donors (Lipinski definition) is 2. The zero-order valence-electron chi connectivity index (χ0n) is 13.9. The van der Waals surface area contributed by atoms with Crippen LogP contribution in [0, 0.1) is 13.8 Å². The highest BCUT2D eigenvalue weighted by Gasteiger charge is 2.25. The summed E-state index contributed by atoms with van der Waals surface area (Å²) in [5, 5.41) is 4.84. The number of hydrogen-bond acceptors (Lipinski definition) is 8. The average Bonchev–Trinajstić information content (AvgIpc) is 3.09. The minimum atomic E-state index is -0.652. The molecule has 10 heteroatoms. The summed E-state index contributed by atoms with van der Waals surface area (Å²) in [6.07, 6.45) is 0. The van der Waals surface area contributed by atoms with Gasteiger partial charge in [0.1, 0.15) is 5.00 Å². The van der Waals surface area contributed by atoms with Gasteiger partial charge in [-0.2, -0.15) is 0 Å². The van der Waals surface area contributed by atoms with Gasteiger partial charge in [0.05, 0.1) is 22.8 Å². The van der Waals surface area contributed by atoms with E-state index in [4.69, 9.17) is 10.5 Å². The van der Waals surface area contributed by atoms with Gasteiger partial charge in [-0.15, -0.1) is 22.7 Å². The highest BCUT2D eigenvalue weighted by Crippen LogP contribution is 2.34. The van der Waals surface area contributed by atoms with Crippen molar-refractivity contribution in [3.8, 4) is 0 Å². The lowest BCUT2D eigenvalue weighted by Gasteiger charge is -2.06. The Kier molecular flexibility index (Phi) is 6.57. The molecule has 2 aromatic heterocycles. The first-order valence-electron chi connectivity index (χ1n) is 7.28. The van der Waals surface area contributed by atoms with Crippen molar-refractivity contribution < 1.29 is 19.1 Å². The molecule has 3 N–H and O–H groups in total. The molecule has 0 unspecified atom stereocenters. The van der Waals surface area contributed by atoms with Crippen molar-refractivity contribution >= 4 is 57.2 Å². The van der Waals surface area contributed by atoms with E-state index < -0.39 is 11.9 Å². The number of amides is 2. The predicted octanol–water partition coefficient (Wildman–Crippen LogP) is 2.83. The molecule has 0 spiro atoms. The molecule has 0 aliphatic carbocycles. The molecular formula is C15H17N3O4S3. The molecule has 2 rings (SSSR count). The molecule has 2 amide bonds. The van der Waals surface area contributed by atoms with Crippen molar-refractivity contribution in [2.45, 2.75) is 25.1 Å². The monoisotopic (exact) mass is 399 g/mol. The van der Waals surface area contributed by atoms with Crippen LogP contribution in [-0.4, -0.2) is 35.1 Å². The van der Waals surface area contributed by atoms with Crippen molar-refractivity contribution in [2.75, 3.05) is 17.7 Å². The van der Waals surface area contributed by atoms with Gasteiger partial charge >= 0.3 is 5.97 Å². The summed E-state index contributed by atoms with van der Waals surface area (Å²) in [6, 6.07) is 0. The Morgan fingerprint density at radius 2 is 2.08 bits per heavy atom. The van der Waals surface area contributed by atoms with Gasteiger partial charge < -0.3 is 15.8 Å². The molecule has 0 atom stereocenters. The summed E-state index contributed by atoms with van der Waals surface area (Å²) in [4.78, 5) is 40.4. The molecule has 0 saturated carbocycles. The molecule has 2 aromatic rings. The number of anilines is 1. The van der Waals surface area contributed by atoms with E-state index in [-0.39, 0.29) is 33.7 Å². The van der Waals surface area contributed by atoms with E-state index in [1.165, 1.54) is 23.1 Å². The number of aromatic nitrogens is 1. The Bertz CT molecular complexity index is 813. The second-order valence-corrected chi connectivity index (χ2v) is 8.04.